The molecule has 0 bridgehead atoms. The van der Waals surface area contributed by atoms with E-state index >= 15 is 0 Å². The molecule has 98 valence electrons. The summed E-state index contributed by atoms with van der Waals surface area (Å²) in [6.45, 7) is 0. The topological polar surface area (TPSA) is 24.9 Å². The number of pyridine rings is 1. The molecule has 0 fully saturated rings. The van der Waals surface area contributed by atoms with Crippen molar-refractivity contribution in [2.75, 3.05) is 5.32 Å². The van der Waals surface area contributed by atoms with E-state index in [9.17, 15) is 0 Å². The van der Waals surface area contributed by atoms with Crippen molar-refractivity contribution in [2.24, 2.45) is 0 Å². The summed E-state index contributed by atoms with van der Waals surface area (Å²) in [5, 5.41) is 3.45. The minimum atomic E-state index is 0.947. The van der Waals surface area contributed by atoms with Gasteiger partial charge in [-0.25, -0.2) is 0 Å². The average molecular weight is 325 g/mol. The Morgan fingerprint density at radius 3 is 2.35 bits per heavy atom. The minimum absolute atomic E-state index is 0.947. The highest BCUT2D eigenvalue weighted by molar-refractivity contribution is 9.10. The fraction of sp³-hybridized carbons (Fsp3) is 0. The van der Waals surface area contributed by atoms with Gasteiger partial charge in [0.05, 0.1) is 10.2 Å². The molecule has 0 aliphatic carbocycles. The molecule has 0 aliphatic heterocycles. The zero-order valence-electron chi connectivity index (χ0n) is 10.8. The van der Waals surface area contributed by atoms with Crippen LogP contribution in [0.5, 0.6) is 0 Å². The van der Waals surface area contributed by atoms with Gasteiger partial charge < -0.3 is 5.32 Å². The van der Waals surface area contributed by atoms with Crippen LogP contribution in [-0.4, -0.2) is 4.98 Å². The molecule has 2 nitrogen and oxygen atoms in total. The van der Waals surface area contributed by atoms with E-state index in [-0.39, 0.29) is 0 Å². The van der Waals surface area contributed by atoms with Crippen LogP contribution in [0.1, 0.15) is 0 Å². The zero-order chi connectivity index (χ0) is 13.8. The van der Waals surface area contributed by atoms with Crippen molar-refractivity contribution in [3.63, 3.8) is 0 Å². The van der Waals surface area contributed by atoms with Gasteiger partial charge in [0.1, 0.15) is 0 Å². The van der Waals surface area contributed by atoms with Gasteiger partial charge in [-0.15, -0.1) is 0 Å². The van der Waals surface area contributed by atoms with Crippen molar-refractivity contribution in [3.8, 4) is 11.1 Å². The van der Waals surface area contributed by atoms with Crippen molar-refractivity contribution >= 4 is 27.3 Å². The lowest BCUT2D eigenvalue weighted by Crippen LogP contribution is -1.94. The van der Waals surface area contributed by atoms with E-state index in [2.05, 4.69) is 68.7 Å². The van der Waals surface area contributed by atoms with Gasteiger partial charge in [0.2, 0.25) is 0 Å². The molecular formula is C17H13BrN2. The monoisotopic (exact) mass is 324 g/mol. The first-order chi connectivity index (χ1) is 9.84. The highest BCUT2D eigenvalue weighted by Crippen LogP contribution is 2.32. The van der Waals surface area contributed by atoms with Gasteiger partial charge in [0.25, 0.3) is 0 Å². The highest BCUT2D eigenvalue weighted by Gasteiger charge is 2.06. The molecule has 0 unspecified atom stereocenters. The van der Waals surface area contributed by atoms with E-state index in [1.807, 2.05) is 18.2 Å². The van der Waals surface area contributed by atoms with Crippen molar-refractivity contribution in [3.05, 3.63) is 77.5 Å². The Balaban J connectivity index is 2.01. The third-order valence-electron chi connectivity index (χ3n) is 3.05. The first-order valence-corrected chi connectivity index (χ1v) is 7.15. The molecule has 3 aromatic rings. The van der Waals surface area contributed by atoms with Gasteiger partial charge in [-0.3, -0.25) is 4.98 Å². The second-order valence-electron chi connectivity index (χ2n) is 4.39. The van der Waals surface area contributed by atoms with Crippen molar-refractivity contribution in [1.29, 1.82) is 0 Å². The Hall–Kier alpha value is -2.13. The molecule has 1 aromatic heterocycles. The van der Waals surface area contributed by atoms with Gasteiger partial charge >= 0.3 is 0 Å². The van der Waals surface area contributed by atoms with Crippen LogP contribution in [-0.2, 0) is 0 Å². The van der Waals surface area contributed by atoms with Crippen LogP contribution in [0.3, 0.4) is 0 Å². The molecule has 20 heavy (non-hydrogen) atoms. The Morgan fingerprint density at radius 2 is 1.55 bits per heavy atom. The molecule has 0 amide bonds. The van der Waals surface area contributed by atoms with E-state index in [1.165, 1.54) is 11.1 Å². The molecule has 3 rings (SSSR count). The number of hydrogen-bond donors (Lipinski definition) is 1. The fourth-order valence-electron chi connectivity index (χ4n) is 2.08. The lowest BCUT2D eigenvalue weighted by molar-refractivity contribution is 1.30. The predicted molar refractivity (Wildman–Crippen MR) is 87.1 cm³/mol. The maximum absolute atomic E-state index is 4.08. The number of benzene rings is 2. The smallest absolute Gasteiger partial charge is 0.0593 e. The van der Waals surface area contributed by atoms with Crippen LogP contribution in [0, 0.1) is 0 Å². The molecule has 2 aromatic carbocycles. The van der Waals surface area contributed by atoms with Crippen LogP contribution in [0.15, 0.2) is 77.5 Å². The maximum atomic E-state index is 4.08. The number of hydrogen-bond acceptors (Lipinski definition) is 2. The molecule has 0 radical (unpaired) electrons. The first-order valence-electron chi connectivity index (χ1n) is 6.35. The number of nitrogens with one attached hydrogen (secondary N) is 1. The van der Waals surface area contributed by atoms with Crippen LogP contribution >= 0.6 is 15.9 Å². The maximum Gasteiger partial charge on any atom is 0.0593 e. The third kappa shape index (κ3) is 2.73. The first kappa shape index (κ1) is 12.9. The van der Waals surface area contributed by atoms with Gasteiger partial charge in [-0.05, 0) is 33.6 Å². The number of halogens is 1. The number of aromatic nitrogens is 1. The van der Waals surface area contributed by atoms with E-state index in [4.69, 9.17) is 0 Å². The van der Waals surface area contributed by atoms with Crippen LogP contribution < -0.4 is 5.32 Å². The summed E-state index contributed by atoms with van der Waals surface area (Å²) in [6, 6.07) is 20.6. The molecule has 0 saturated heterocycles. The lowest BCUT2D eigenvalue weighted by Gasteiger charge is -2.13. The Labute approximate surface area is 126 Å². The van der Waals surface area contributed by atoms with Crippen LogP contribution in [0.4, 0.5) is 11.4 Å². The minimum Gasteiger partial charge on any atom is -0.354 e. The summed E-state index contributed by atoms with van der Waals surface area (Å²) in [5.74, 6) is 0. The highest BCUT2D eigenvalue weighted by atomic mass is 79.9. The van der Waals surface area contributed by atoms with Crippen LogP contribution in [0.2, 0.25) is 0 Å². The van der Waals surface area contributed by atoms with E-state index in [0.29, 0.717) is 0 Å². The summed E-state index contributed by atoms with van der Waals surface area (Å²) in [4.78, 5) is 4.08. The van der Waals surface area contributed by atoms with Crippen molar-refractivity contribution in [2.45, 2.75) is 0 Å². The summed E-state index contributed by atoms with van der Waals surface area (Å²) in [5.41, 5.74) is 4.45. The predicted octanol–water partition coefficient (Wildman–Crippen LogP) is 5.25. The van der Waals surface area contributed by atoms with Crippen molar-refractivity contribution in [1.82, 2.24) is 4.98 Å². The molecule has 1 N–H and O–H groups in total. The molecule has 0 saturated carbocycles. The Morgan fingerprint density at radius 1 is 0.800 bits per heavy atom. The number of rotatable bonds is 3. The molecule has 3 heteroatoms. The quantitative estimate of drug-likeness (QED) is 0.711. The van der Waals surface area contributed by atoms with Gasteiger partial charge in [0.15, 0.2) is 0 Å². The molecule has 0 spiro atoms. The summed E-state index contributed by atoms with van der Waals surface area (Å²) < 4.78 is 0.947. The second-order valence-corrected chi connectivity index (χ2v) is 5.25. The van der Waals surface area contributed by atoms with Gasteiger partial charge in [-0.2, -0.15) is 0 Å². The summed E-state index contributed by atoms with van der Waals surface area (Å²) in [7, 11) is 0. The second kappa shape index (κ2) is 5.88. The Kier molecular flexibility index (Phi) is 3.79. The molecule has 0 aliphatic rings. The number of para-hydroxylation sites is 1. The largest absolute Gasteiger partial charge is 0.354 e. The third-order valence-corrected chi connectivity index (χ3v) is 3.69. The molecule has 0 atom stereocenters. The van der Waals surface area contributed by atoms with E-state index in [1.54, 1.807) is 12.4 Å². The molecule has 1 heterocycles. The van der Waals surface area contributed by atoms with Gasteiger partial charge in [-0.1, -0.05) is 48.5 Å². The Bertz CT molecular complexity index is 711. The van der Waals surface area contributed by atoms with Crippen LogP contribution in [0.25, 0.3) is 11.1 Å². The van der Waals surface area contributed by atoms with Crippen molar-refractivity contribution < 1.29 is 0 Å². The average Bonchev–Trinajstić information content (AvgIpc) is 2.51. The lowest BCUT2D eigenvalue weighted by atomic mass is 10.0. The SMILES string of the molecule is Brc1cnccc1Nc1ccccc1-c1ccccc1. The summed E-state index contributed by atoms with van der Waals surface area (Å²) in [6.07, 6.45) is 3.56. The number of nitrogens with zero attached hydrogens (tertiary/aromatic N) is 1. The van der Waals surface area contributed by atoms with E-state index in [0.717, 1.165) is 15.8 Å². The fourth-order valence-corrected chi connectivity index (χ4v) is 2.43. The van der Waals surface area contributed by atoms with E-state index < -0.39 is 0 Å². The number of anilines is 2. The van der Waals surface area contributed by atoms with Gasteiger partial charge in [0, 0.05) is 23.6 Å². The molecular weight excluding hydrogens is 312 g/mol. The standard InChI is InChI=1S/C17H13BrN2/c18-15-12-19-11-10-17(15)20-16-9-5-4-8-14(16)13-6-2-1-3-7-13/h1-12H,(H,19,20). The summed E-state index contributed by atoms with van der Waals surface area (Å²) >= 11 is 3.51. The normalized spacial score (nSPS) is 10.2. The zero-order valence-corrected chi connectivity index (χ0v) is 12.3.